The first-order valence-electron chi connectivity index (χ1n) is 9.96. The van der Waals surface area contributed by atoms with Crippen LogP contribution in [-0.4, -0.2) is 24.0 Å². The van der Waals surface area contributed by atoms with Crippen molar-refractivity contribution in [3.05, 3.63) is 78.1 Å². The summed E-state index contributed by atoms with van der Waals surface area (Å²) in [4.78, 5) is 0. The van der Waals surface area contributed by atoms with Gasteiger partial charge in [-0.25, -0.2) is 0 Å². The number of piperidine rings is 1. The minimum atomic E-state index is -4.85. The van der Waals surface area contributed by atoms with Gasteiger partial charge in [-0.15, -0.1) is 13.2 Å². The van der Waals surface area contributed by atoms with Crippen LogP contribution < -0.4 is 10.1 Å². The largest absolute Gasteiger partial charge is 0.573 e. The summed E-state index contributed by atoms with van der Waals surface area (Å²) in [5, 5.41) is 3.32. The number of hydrogen-bond donors (Lipinski definition) is 1. The number of hydrogen-bond acceptors (Lipinski definition) is 2. The van der Waals surface area contributed by atoms with Gasteiger partial charge in [0.05, 0.1) is 0 Å². The summed E-state index contributed by atoms with van der Waals surface area (Å²) in [5.41, 5.74) is 1.80. The van der Waals surface area contributed by atoms with E-state index in [4.69, 9.17) is 23.2 Å². The highest BCUT2D eigenvalue weighted by molar-refractivity contribution is 6.50. The predicted octanol–water partition coefficient (Wildman–Crippen LogP) is 6.66. The van der Waals surface area contributed by atoms with Gasteiger partial charge in [0.25, 0.3) is 0 Å². The van der Waals surface area contributed by atoms with Crippen LogP contribution >= 0.6 is 23.2 Å². The van der Waals surface area contributed by atoms with Gasteiger partial charge >= 0.3 is 6.36 Å². The van der Waals surface area contributed by atoms with Gasteiger partial charge in [-0.05, 0) is 49.2 Å². The van der Waals surface area contributed by atoms with E-state index in [-0.39, 0.29) is 5.75 Å². The van der Waals surface area contributed by atoms with E-state index < -0.39 is 10.7 Å². The second-order valence-corrected chi connectivity index (χ2v) is 8.86. The third-order valence-corrected chi connectivity index (χ3v) is 6.33. The number of nitrogens with one attached hydrogen (secondary N) is 1. The second kappa shape index (κ2) is 8.77. The quantitative estimate of drug-likeness (QED) is 0.423. The molecule has 0 aliphatic carbocycles. The lowest BCUT2D eigenvalue weighted by Crippen LogP contribution is -2.29. The fraction of sp³-hybridized carbons (Fsp3) is 0.304. The topological polar surface area (TPSA) is 26.2 Å². The van der Waals surface area contributed by atoms with Gasteiger partial charge < -0.3 is 14.6 Å². The van der Waals surface area contributed by atoms with E-state index in [0.717, 1.165) is 25.9 Å². The average Bonchev–Trinajstić information content (AvgIpc) is 3.25. The lowest BCUT2D eigenvalue weighted by atomic mass is 9.99. The first kappa shape index (κ1) is 22.1. The van der Waals surface area contributed by atoms with Gasteiger partial charge in [-0.1, -0.05) is 65.7 Å². The number of ether oxygens (including phenoxy) is 1. The minimum absolute atomic E-state index is 0.304. The summed E-state index contributed by atoms with van der Waals surface area (Å²) in [6.45, 7) is 1.87. The zero-order chi connectivity index (χ0) is 22.1. The SMILES string of the molecule is FC(F)(F)Oc1cc(C(Cl)(Cl)c2ccn(C3CCNCC3)c2)ccc1-c1ccccc1. The fourth-order valence-corrected chi connectivity index (χ4v) is 4.34. The molecule has 3 aromatic rings. The molecule has 2 aromatic carbocycles. The van der Waals surface area contributed by atoms with Gasteiger partial charge in [-0.2, -0.15) is 0 Å². The average molecular weight is 469 g/mol. The molecule has 0 bridgehead atoms. The first-order chi connectivity index (χ1) is 14.7. The van der Waals surface area contributed by atoms with Crippen LogP contribution in [0.4, 0.5) is 13.2 Å². The van der Waals surface area contributed by atoms with Crippen LogP contribution in [0.1, 0.15) is 30.0 Å². The highest BCUT2D eigenvalue weighted by atomic mass is 35.5. The summed E-state index contributed by atoms with van der Waals surface area (Å²) in [6.07, 6.45) is 0.908. The first-order valence-corrected chi connectivity index (χ1v) is 10.7. The molecule has 0 saturated carbocycles. The molecule has 0 spiro atoms. The highest BCUT2D eigenvalue weighted by Crippen LogP contribution is 2.45. The van der Waals surface area contributed by atoms with E-state index in [2.05, 4.69) is 14.6 Å². The number of rotatable bonds is 5. The van der Waals surface area contributed by atoms with Crippen molar-refractivity contribution in [1.29, 1.82) is 0 Å². The van der Waals surface area contributed by atoms with Crippen molar-refractivity contribution < 1.29 is 17.9 Å². The molecule has 1 saturated heterocycles. The third-order valence-electron chi connectivity index (χ3n) is 5.46. The van der Waals surface area contributed by atoms with Crippen LogP contribution in [0.5, 0.6) is 5.75 Å². The van der Waals surface area contributed by atoms with E-state index in [1.807, 2.05) is 12.4 Å². The van der Waals surface area contributed by atoms with Crippen molar-refractivity contribution in [3.63, 3.8) is 0 Å². The van der Waals surface area contributed by atoms with Crippen LogP contribution in [0.25, 0.3) is 11.1 Å². The van der Waals surface area contributed by atoms with Crippen LogP contribution in [0.15, 0.2) is 67.0 Å². The molecule has 0 unspecified atom stereocenters. The summed E-state index contributed by atoms with van der Waals surface area (Å²) in [6, 6.07) is 15.3. The Hall–Kier alpha value is -2.15. The summed E-state index contributed by atoms with van der Waals surface area (Å²) < 4.78 is 44.2. The van der Waals surface area contributed by atoms with Gasteiger partial charge in [-0.3, -0.25) is 0 Å². The minimum Gasteiger partial charge on any atom is -0.405 e. The van der Waals surface area contributed by atoms with E-state index in [1.54, 1.807) is 48.5 Å². The van der Waals surface area contributed by atoms with Gasteiger partial charge in [0, 0.05) is 29.6 Å². The lowest BCUT2D eigenvalue weighted by Gasteiger charge is -2.25. The number of halogens is 5. The highest BCUT2D eigenvalue weighted by Gasteiger charge is 2.35. The molecule has 8 heteroatoms. The molecule has 4 rings (SSSR count). The monoisotopic (exact) mass is 468 g/mol. The van der Waals surface area contributed by atoms with Gasteiger partial charge in [0.2, 0.25) is 0 Å². The maximum Gasteiger partial charge on any atom is 0.573 e. The standard InChI is InChI=1S/C23H21Cl2F3N2O/c24-22(25,18-10-13-30(15-18)19-8-11-29-12-9-19)17-6-7-20(16-4-2-1-3-5-16)21(14-17)31-23(26,27)28/h1-7,10,13-15,19,29H,8-9,11-12H2. The summed E-state index contributed by atoms with van der Waals surface area (Å²) >= 11 is 13.4. The van der Waals surface area contributed by atoms with E-state index in [0.29, 0.717) is 28.3 Å². The molecule has 1 fully saturated rings. The Morgan fingerprint density at radius 1 is 0.935 bits per heavy atom. The molecular formula is C23H21Cl2F3N2O. The van der Waals surface area contributed by atoms with Crippen molar-refractivity contribution in [2.75, 3.05) is 13.1 Å². The molecule has 0 radical (unpaired) electrons. The van der Waals surface area contributed by atoms with Crippen LogP contribution in [0, 0.1) is 0 Å². The maximum absolute atomic E-state index is 13.1. The fourth-order valence-electron chi connectivity index (χ4n) is 3.88. The molecule has 0 atom stereocenters. The molecule has 1 aromatic heterocycles. The molecule has 31 heavy (non-hydrogen) atoms. The number of alkyl halides is 5. The molecule has 2 heterocycles. The Bertz CT molecular complexity index is 1030. The molecule has 1 aliphatic heterocycles. The molecule has 1 N–H and O–H groups in total. The Morgan fingerprint density at radius 2 is 1.65 bits per heavy atom. The molecule has 3 nitrogen and oxygen atoms in total. The zero-order valence-corrected chi connectivity index (χ0v) is 18.0. The summed E-state index contributed by atoms with van der Waals surface area (Å²) in [7, 11) is 0. The van der Waals surface area contributed by atoms with E-state index >= 15 is 0 Å². The van der Waals surface area contributed by atoms with Crippen LogP contribution in [-0.2, 0) is 4.33 Å². The van der Waals surface area contributed by atoms with Crippen LogP contribution in [0.3, 0.4) is 0 Å². The maximum atomic E-state index is 13.1. The Morgan fingerprint density at radius 3 is 2.32 bits per heavy atom. The van der Waals surface area contributed by atoms with Crippen molar-refractivity contribution in [2.24, 2.45) is 0 Å². The number of benzene rings is 2. The predicted molar refractivity (Wildman–Crippen MR) is 117 cm³/mol. The van der Waals surface area contributed by atoms with E-state index in [1.165, 1.54) is 6.07 Å². The Kier molecular flexibility index (Phi) is 6.24. The Balaban J connectivity index is 1.69. The normalized spacial score (nSPS) is 15.8. The zero-order valence-electron chi connectivity index (χ0n) is 16.5. The van der Waals surface area contributed by atoms with Crippen LogP contribution in [0.2, 0.25) is 0 Å². The second-order valence-electron chi connectivity index (χ2n) is 7.53. The lowest BCUT2D eigenvalue weighted by molar-refractivity contribution is -0.274. The molecule has 1 aliphatic rings. The number of nitrogens with zero attached hydrogens (tertiary/aromatic N) is 1. The van der Waals surface area contributed by atoms with Crippen molar-refractivity contribution in [3.8, 4) is 16.9 Å². The molecular weight excluding hydrogens is 448 g/mol. The van der Waals surface area contributed by atoms with Gasteiger partial charge in [0.15, 0.2) is 4.33 Å². The van der Waals surface area contributed by atoms with Crippen molar-refractivity contribution in [2.45, 2.75) is 29.6 Å². The van der Waals surface area contributed by atoms with E-state index in [9.17, 15) is 13.2 Å². The van der Waals surface area contributed by atoms with Gasteiger partial charge in [0.1, 0.15) is 5.75 Å². The Labute approximate surface area is 188 Å². The smallest absolute Gasteiger partial charge is 0.405 e. The summed E-state index contributed by atoms with van der Waals surface area (Å²) in [5.74, 6) is -0.348. The molecule has 164 valence electrons. The van der Waals surface area contributed by atoms with Crippen molar-refractivity contribution in [1.82, 2.24) is 9.88 Å². The van der Waals surface area contributed by atoms with Crippen molar-refractivity contribution >= 4 is 23.2 Å². The molecule has 0 amide bonds. The number of aromatic nitrogens is 1. The third kappa shape index (κ3) is 5.03.